The van der Waals surface area contributed by atoms with Crippen LogP contribution in [0, 0.1) is 11.6 Å². The van der Waals surface area contributed by atoms with E-state index in [2.05, 4.69) is 14.7 Å². The number of rotatable bonds is 5. The molecule has 2 aromatic rings. The van der Waals surface area contributed by atoms with E-state index in [1.807, 2.05) is 0 Å². The fourth-order valence-electron chi connectivity index (χ4n) is 1.60. The fourth-order valence-corrected chi connectivity index (χ4v) is 2.75. The van der Waals surface area contributed by atoms with Crippen LogP contribution in [0.2, 0.25) is 0 Å². The molecule has 1 aromatic carbocycles. The van der Waals surface area contributed by atoms with Gasteiger partial charge in [0.25, 0.3) is 0 Å². The predicted molar refractivity (Wildman–Crippen MR) is 71.2 cm³/mol. The van der Waals surface area contributed by atoms with Crippen molar-refractivity contribution < 1.29 is 21.9 Å². The van der Waals surface area contributed by atoms with Gasteiger partial charge in [0.15, 0.2) is 0 Å². The van der Waals surface area contributed by atoms with Crippen LogP contribution in [0.5, 0.6) is 6.01 Å². The smallest absolute Gasteiger partial charge is 0.316 e. The monoisotopic (exact) mass is 315 g/mol. The number of nitrogens with zero attached hydrogens (tertiary/aromatic N) is 2. The van der Waals surface area contributed by atoms with Crippen LogP contribution < -0.4 is 9.46 Å². The number of benzene rings is 1. The summed E-state index contributed by atoms with van der Waals surface area (Å²) in [5.74, 6) is -2.26. The molecule has 0 aliphatic rings. The van der Waals surface area contributed by atoms with Crippen molar-refractivity contribution in [2.75, 3.05) is 11.8 Å². The number of ether oxygens (including phenoxy) is 1. The molecule has 6 nitrogen and oxygen atoms in total. The molecule has 1 N–H and O–H groups in total. The maximum Gasteiger partial charge on any atom is 0.316 e. The van der Waals surface area contributed by atoms with Gasteiger partial charge in [-0.2, -0.15) is 0 Å². The quantitative estimate of drug-likeness (QED) is 0.908. The van der Waals surface area contributed by atoms with E-state index < -0.39 is 27.4 Å². The molecule has 1 aromatic heterocycles. The van der Waals surface area contributed by atoms with Gasteiger partial charge < -0.3 is 4.74 Å². The molecule has 0 saturated heterocycles. The Balaban J connectivity index is 2.14. The summed E-state index contributed by atoms with van der Waals surface area (Å²) in [6, 6.07) is 2.66. The van der Waals surface area contributed by atoms with Crippen molar-refractivity contribution in [1.82, 2.24) is 9.97 Å². The molecule has 0 saturated carbocycles. The van der Waals surface area contributed by atoms with E-state index in [1.165, 1.54) is 19.5 Å². The lowest BCUT2D eigenvalue weighted by Crippen LogP contribution is -2.15. The molecule has 0 radical (unpaired) electrons. The topological polar surface area (TPSA) is 81.2 Å². The highest BCUT2D eigenvalue weighted by molar-refractivity contribution is 7.91. The van der Waals surface area contributed by atoms with Crippen molar-refractivity contribution in [1.29, 1.82) is 0 Å². The number of hydrogen-bond acceptors (Lipinski definition) is 5. The van der Waals surface area contributed by atoms with Crippen molar-refractivity contribution in [2.45, 2.75) is 5.75 Å². The van der Waals surface area contributed by atoms with E-state index in [1.54, 1.807) is 0 Å². The summed E-state index contributed by atoms with van der Waals surface area (Å²) < 4.78 is 56.8. The van der Waals surface area contributed by atoms with E-state index in [0.29, 0.717) is 6.07 Å². The largest absolute Gasteiger partial charge is 0.467 e. The van der Waals surface area contributed by atoms with Crippen molar-refractivity contribution in [3.8, 4) is 6.01 Å². The average molecular weight is 315 g/mol. The van der Waals surface area contributed by atoms with Gasteiger partial charge in [-0.25, -0.2) is 27.2 Å². The lowest BCUT2D eigenvalue weighted by Gasteiger charge is -2.08. The average Bonchev–Trinajstić information content (AvgIpc) is 2.37. The molecule has 0 unspecified atom stereocenters. The lowest BCUT2D eigenvalue weighted by atomic mass is 10.2. The van der Waals surface area contributed by atoms with Crippen LogP contribution in [0.25, 0.3) is 0 Å². The van der Waals surface area contributed by atoms with Gasteiger partial charge in [0.1, 0.15) is 11.6 Å². The van der Waals surface area contributed by atoms with E-state index in [4.69, 9.17) is 4.74 Å². The second-order valence-electron chi connectivity index (χ2n) is 4.10. The molecule has 21 heavy (non-hydrogen) atoms. The summed E-state index contributed by atoms with van der Waals surface area (Å²) in [6.45, 7) is 0. The maximum absolute atomic E-state index is 13.0. The normalized spacial score (nSPS) is 11.2. The Hall–Kier alpha value is -2.29. The zero-order chi connectivity index (χ0) is 15.5. The minimum atomic E-state index is -3.84. The Morgan fingerprint density at radius 2 is 1.71 bits per heavy atom. The van der Waals surface area contributed by atoms with Gasteiger partial charge >= 0.3 is 6.01 Å². The van der Waals surface area contributed by atoms with Gasteiger partial charge in [0.2, 0.25) is 10.0 Å². The van der Waals surface area contributed by atoms with Crippen LogP contribution in [0.15, 0.2) is 30.6 Å². The minimum absolute atomic E-state index is 0.00516. The Kier molecular flexibility index (Phi) is 4.32. The summed E-state index contributed by atoms with van der Waals surface area (Å²) >= 11 is 0. The first-order valence-corrected chi connectivity index (χ1v) is 7.35. The molecule has 112 valence electrons. The third-order valence-electron chi connectivity index (χ3n) is 2.36. The van der Waals surface area contributed by atoms with Crippen LogP contribution in [0.4, 0.5) is 14.5 Å². The van der Waals surface area contributed by atoms with Gasteiger partial charge in [-0.05, 0) is 17.7 Å². The number of aromatic nitrogens is 2. The lowest BCUT2D eigenvalue weighted by molar-refractivity contribution is 0.380. The van der Waals surface area contributed by atoms with Crippen LogP contribution in [-0.2, 0) is 15.8 Å². The van der Waals surface area contributed by atoms with E-state index in [-0.39, 0.29) is 17.3 Å². The van der Waals surface area contributed by atoms with Crippen molar-refractivity contribution in [3.63, 3.8) is 0 Å². The Labute approximate surface area is 119 Å². The first-order chi connectivity index (χ1) is 9.88. The summed E-state index contributed by atoms with van der Waals surface area (Å²) in [7, 11) is -2.47. The Morgan fingerprint density at radius 1 is 1.14 bits per heavy atom. The maximum atomic E-state index is 13.0. The van der Waals surface area contributed by atoms with Crippen LogP contribution in [0.3, 0.4) is 0 Å². The highest BCUT2D eigenvalue weighted by atomic mass is 32.2. The first-order valence-electron chi connectivity index (χ1n) is 5.69. The second kappa shape index (κ2) is 6.00. The molecule has 0 atom stereocenters. The van der Waals surface area contributed by atoms with Crippen LogP contribution in [0.1, 0.15) is 5.56 Å². The third kappa shape index (κ3) is 4.35. The number of sulfonamides is 1. The summed E-state index contributed by atoms with van der Waals surface area (Å²) in [6.07, 6.45) is 2.44. The zero-order valence-electron chi connectivity index (χ0n) is 10.9. The van der Waals surface area contributed by atoms with E-state index >= 15 is 0 Å². The second-order valence-corrected chi connectivity index (χ2v) is 5.82. The molecule has 9 heteroatoms. The third-order valence-corrected chi connectivity index (χ3v) is 3.62. The van der Waals surface area contributed by atoms with Crippen molar-refractivity contribution >= 4 is 15.7 Å². The van der Waals surface area contributed by atoms with Gasteiger partial charge in [-0.15, -0.1) is 0 Å². The SMILES string of the molecule is COc1ncc(NS(=O)(=O)Cc2cc(F)cc(F)c2)cn1. The highest BCUT2D eigenvalue weighted by Crippen LogP contribution is 2.14. The number of hydrogen-bond donors (Lipinski definition) is 1. The molecule has 0 fully saturated rings. The molecule has 0 spiro atoms. The van der Waals surface area contributed by atoms with Crippen molar-refractivity contribution in [2.24, 2.45) is 0 Å². The molecular formula is C12H11F2N3O3S. The minimum Gasteiger partial charge on any atom is -0.467 e. The molecule has 1 heterocycles. The van der Waals surface area contributed by atoms with Gasteiger partial charge in [-0.3, -0.25) is 4.72 Å². The molecule has 0 aliphatic carbocycles. The fraction of sp³-hybridized carbons (Fsp3) is 0.167. The summed E-state index contributed by atoms with van der Waals surface area (Å²) in [5.41, 5.74) is 0.113. The van der Waals surface area contributed by atoms with Crippen LogP contribution >= 0.6 is 0 Å². The number of nitrogens with one attached hydrogen (secondary N) is 1. The number of anilines is 1. The first kappa shape index (κ1) is 15.1. The van der Waals surface area contributed by atoms with E-state index in [9.17, 15) is 17.2 Å². The zero-order valence-corrected chi connectivity index (χ0v) is 11.7. The Morgan fingerprint density at radius 3 is 2.24 bits per heavy atom. The molecule has 0 amide bonds. The van der Waals surface area contributed by atoms with Gasteiger partial charge in [0, 0.05) is 6.07 Å². The molecule has 2 rings (SSSR count). The molecular weight excluding hydrogens is 304 g/mol. The standard InChI is InChI=1S/C12H11F2N3O3S/c1-20-12-15-5-11(6-16-12)17-21(18,19)7-8-2-9(13)4-10(14)3-8/h2-6,17H,7H2,1H3. The van der Waals surface area contributed by atoms with Gasteiger partial charge in [0.05, 0.1) is 30.9 Å². The van der Waals surface area contributed by atoms with E-state index in [0.717, 1.165) is 12.1 Å². The molecule has 0 aliphatic heterocycles. The number of methoxy groups -OCH3 is 1. The highest BCUT2D eigenvalue weighted by Gasteiger charge is 2.14. The predicted octanol–water partition coefficient (Wildman–Crippen LogP) is 1.71. The van der Waals surface area contributed by atoms with Crippen molar-refractivity contribution in [3.05, 3.63) is 47.8 Å². The van der Waals surface area contributed by atoms with Crippen LogP contribution in [-0.4, -0.2) is 25.5 Å². The summed E-state index contributed by atoms with van der Waals surface area (Å²) in [4.78, 5) is 7.47. The molecule has 0 bridgehead atoms. The van der Waals surface area contributed by atoms with Gasteiger partial charge in [-0.1, -0.05) is 0 Å². The number of halogens is 2. The summed E-state index contributed by atoms with van der Waals surface area (Å²) in [5, 5.41) is 0. The Bertz CT molecular complexity index is 716.